The van der Waals surface area contributed by atoms with Crippen LogP contribution >= 0.6 is 27.3 Å². The monoisotopic (exact) mass is 289 g/mol. The van der Waals surface area contributed by atoms with Crippen molar-refractivity contribution in [2.45, 2.75) is 32.7 Å². The first-order chi connectivity index (χ1) is 7.13. The summed E-state index contributed by atoms with van der Waals surface area (Å²) in [5.41, 5.74) is 0. The smallest absolute Gasteiger partial charge is 0.261 e. The fraction of sp³-hybridized carbons (Fsp3) is 0.545. The van der Waals surface area contributed by atoms with Crippen molar-refractivity contribution < 1.29 is 4.79 Å². The minimum absolute atomic E-state index is 0.0511. The molecule has 15 heavy (non-hydrogen) atoms. The molecular weight excluding hydrogens is 274 g/mol. The van der Waals surface area contributed by atoms with Crippen molar-refractivity contribution in [3.8, 4) is 0 Å². The van der Waals surface area contributed by atoms with Gasteiger partial charge in [0.15, 0.2) is 0 Å². The molecule has 0 saturated heterocycles. The lowest BCUT2D eigenvalue weighted by Crippen LogP contribution is -2.31. The van der Waals surface area contributed by atoms with Gasteiger partial charge in [0.1, 0.15) is 0 Å². The number of thiophene rings is 1. The van der Waals surface area contributed by atoms with Gasteiger partial charge in [-0.05, 0) is 38.8 Å². The van der Waals surface area contributed by atoms with Crippen molar-refractivity contribution in [1.29, 1.82) is 0 Å². The van der Waals surface area contributed by atoms with Crippen LogP contribution in [0.3, 0.4) is 0 Å². The van der Waals surface area contributed by atoms with E-state index in [1.165, 1.54) is 4.88 Å². The highest BCUT2D eigenvalue weighted by molar-refractivity contribution is 9.09. The van der Waals surface area contributed by atoms with Crippen LogP contribution in [0.25, 0.3) is 0 Å². The van der Waals surface area contributed by atoms with Gasteiger partial charge in [-0.15, -0.1) is 11.3 Å². The van der Waals surface area contributed by atoms with E-state index in [9.17, 15) is 4.79 Å². The number of hydrogen-bond acceptors (Lipinski definition) is 2. The topological polar surface area (TPSA) is 29.1 Å². The maximum atomic E-state index is 11.7. The first kappa shape index (κ1) is 12.7. The van der Waals surface area contributed by atoms with E-state index in [4.69, 9.17) is 0 Å². The fourth-order valence-corrected chi connectivity index (χ4v) is 2.40. The molecule has 1 unspecified atom stereocenters. The van der Waals surface area contributed by atoms with Crippen LogP contribution < -0.4 is 5.32 Å². The zero-order chi connectivity index (χ0) is 11.3. The summed E-state index contributed by atoms with van der Waals surface area (Å²) in [7, 11) is 0. The van der Waals surface area contributed by atoms with Crippen LogP contribution in [0.1, 0.15) is 34.3 Å². The molecule has 4 heteroatoms. The number of nitrogens with one attached hydrogen (secondary N) is 1. The molecule has 2 nitrogen and oxygen atoms in total. The predicted molar refractivity (Wildman–Crippen MR) is 69.0 cm³/mol. The Morgan fingerprint density at radius 3 is 2.87 bits per heavy atom. The molecule has 0 aliphatic heterocycles. The third-order valence-electron chi connectivity index (χ3n) is 2.11. The third-order valence-corrected chi connectivity index (χ3v) is 3.67. The largest absolute Gasteiger partial charge is 0.349 e. The molecule has 0 spiro atoms. The lowest BCUT2D eigenvalue weighted by atomic mass is 10.2. The molecule has 1 heterocycles. The van der Waals surface area contributed by atoms with E-state index in [-0.39, 0.29) is 11.9 Å². The predicted octanol–water partition coefficient (Wildman–Crippen LogP) is 3.35. The summed E-state index contributed by atoms with van der Waals surface area (Å²) in [5.74, 6) is 0.0511. The van der Waals surface area contributed by atoms with Gasteiger partial charge in [-0.25, -0.2) is 0 Å². The second-order valence-electron chi connectivity index (χ2n) is 3.62. The average molecular weight is 290 g/mol. The van der Waals surface area contributed by atoms with Gasteiger partial charge in [0.25, 0.3) is 5.91 Å². The van der Waals surface area contributed by atoms with Crippen LogP contribution in [0.5, 0.6) is 0 Å². The summed E-state index contributed by atoms with van der Waals surface area (Å²) in [4.78, 5) is 13.7. The van der Waals surface area contributed by atoms with Crippen molar-refractivity contribution in [1.82, 2.24) is 5.32 Å². The summed E-state index contributed by atoms with van der Waals surface area (Å²) in [5, 5.41) is 3.99. The number of halogens is 1. The van der Waals surface area contributed by atoms with E-state index in [1.54, 1.807) is 11.3 Å². The first-order valence-electron chi connectivity index (χ1n) is 5.06. The minimum atomic E-state index is 0.0511. The molecule has 1 atom stereocenters. The minimum Gasteiger partial charge on any atom is -0.349 e. The Kier molecular flexibility index (Phi) is 5.32. The average Bonchev–Trinajstić information content (AvgIpc) is 2.61. The Labute approximate surface area is 103 Å². The Balaban J connectivity index is 2.42. The van der Waals surface area contributed by atoms with Gasteiger partial charge in [0.05, 0.1) is 4.88 Å². The molecule has 84 valence electrons. The highest BCUT2D eigenvalue weighted by Gasteiger charge is 2.10. The van der Waals surface area contributed by atoms with Gasteiger partial charge in [0.2, 0.25) is 0 Å². The zero-order valence-corrected chi connectivity index (χ0v) is 11.5. The Hall–Kier alpha value is -0.350. The Morgan fingerprint density at radius 2 is 2.33 bits per heavy atom. The number of amides is 1. The molecule has 1 N–H and O–H groups in total. The number of hydrogen-bond donors (Lipinski definition) is 1. The molecule has 1 aromatic heterocycles. The highest BCUT2D eigenvalue weighted by Crippen LogP contribution is 2.15. The summed E-state index contributed by atoms with van der Waals surface area (Å²) in [6, 6.07) is 4.10. The van der Waals surface area contributed by atoms with Crippen molar-refractivity contribution in [2.24, 2.45) is 0 Å². The van der Waals surface area contributed by atoms with Crippen LogP contribution in [-0.2, 0) is 0 Å². The molecule has 0 bridgehead atoms. The maximum Gasteiger partial charge on any atom is 0.261 e. The first-order valence-corrected chi connectivity index (χ1v) is 7.00. The quantitative estimate of drug-likeness (QED) is 0.828. The number of alkyl halides is 1. The van der Waals surface area contributed by atoms with E-state index < -0.39 is 0 Å². The van der Waals surface area contributed by atoms with E-state index in [2.05, 4.69) is 21.2 Å². The van der Waals surface area contributed by atoms with Gasteiger partial charge in [-0.3, -0.25) is 4.79 Å². The lowest BCUT2D eigenvalue weighted by Gasteiger charge is -2.11. The molecule has 0 saturated carbocycles. The number of carbonyl (C=O) groups is 1. The summed E-state index contributed by atoms with van der Waals surface area (Å²) < 4.78 is 0. The third kappa shape index (κ3) is 4.34. The summed E-state index contributed by atoms with van der Waals surface area (Å²) in [6.45, 7) is 4.05. The second-order valence-corrected chi connectivity index (χ2v) is 5.70. The molecule has 0 radical (unpaired) electrons. The molecule has 0 aromatic carbocycles. The number of aryl methyl sites for hydroxylation is 1. The second kappa shape index (κ2) is 6.28. The van der Waals surface area contributed by atoms with E-state index in [0.717, 1.165) is 23.0 Å². The highest BCUT2D eigenvalue weighted by atomic mass is 79.9. The summed E-state index contributed by atoms with van der Waals surface area (Å²) >= 11 is 4.92. The molecule has 0 fully saturated rings. The normalized spacial score (nSPS) is 12.5. The molecule has 0 aliphatic carbocycles. The molecule has 1 rings (SSSR count). The Morgan fingerprint density at radius 1 is 1.60 bits per heavy atom. The molecule has 0 aliphatic rings. The zero-order valence-electron chi connectivity index (χ0n) is 9.05. The van der Waals surface area contributed by atoms with Crippen LogP contribution in [0.2, 0.25) is 0 Å². The van der Waals surface area contributed by atoms with Crippen molar-refractivity contribution in [2.75, 3.05) is 5.33 Å². The van der Waals surface area contributed by atoms with E-state index in [0.29, 0.717) is 0 Å². The Bertz CT molecular complexity index is 324. The van der Waals surface area contributed by atoms with Crippen molar-refractivity contribution in [3.05, 3.63) is 21.9 Å². The van der Waals surface area contributed by atoms with Gasteiger partial charge < -0.3 is 5.32 Å². The number of carbonyl (C=O) groups excluding carboxylic acids is 1. The van der Waals surface area contributed by atoms with Crippen LogP contribution in [-0.4, -0.2) is 17.3 Å². The van der Waals surface area contributed by atoms with Gasteiger partial charge in [-0.2, -0.15) is 0 Å². The van der Waals surface area contributed by atoms with Crippen LogP contribution in [0, 0.1) is 6.92 Å². The molecular formula is C11H16BrNOS. The van der Waals surface area contributed by atoms with E-state index >= 15 is 0 Å². The SMILES string of the molecule is Cc1ccc(C(=O)NC(C)CCCBr)s1. The lowest BCUT2D eigenvalue weighted by molar-refractivity contribution is 0.0942. The van der Waals surface area contributed by atoms with Gasteiger partial charge >= 0.3 is 0 Å². The van der Waals surface area contributed by atoms with Gasteiger partial charge in [0, 0.05) is 16.2 Å². The number of rotatable bonds is 5. The van der Waals surface area contributed by atoms with E-state index in [1.807, 2.05) is 26.0 Å². The standard InChI is InChI=1S/C11H16BrNOS/c1-8(4-3-7-12)13-11(14)10-6-5-9(2)15-10/h5-6,8H,3-4,7H2,1-2H3,(H,13,14). The molecule has 1 aromatic rings. The van der Waals surface area contributed by atoms with Crippen molar-refractivity contribution in [3.63, 3.8) is 0 Å². The van der Waals surface area contributed by atoms with Crippen LogP contribution in [0.15, 0.2) is 12.1 Å². The van der Waals surface area contributed by atoms with Crippen LogP contribution in [0.4, 0.5) is 0 Å². The molecule has 1 amide bonds. The van der Waals surface area contributed by atoms with Crippen molar-refractivity contribution >= 4 is 33.2 Å². The van der Waals surface area contributed by atoms with Gasteiger partial charge in [-0.1, -0.05) is 15.9 Å². The maximum absolute atomic E-state index is 11.7. The fourth-order valence-electron chi connectivity index (χ4n) is 1.31. The summed E-state index contributed by atoms with van der Waals surface area (Å²) in [6.07, 6.45) is 2.10.